The molecule has 0 aliphatic heterocycles. The maximum atomic E-state index is 5.90. The van der Waals surface area contributed by atoms with Gasteiger partial charge in [-0.3, -0.25) is 0 Å². The van der Waals surface area contributed by atoms with Gasteiger partial charge in [0.25, 0.3) is 0 Å². The molecule has 96 valence electrons. The number of fused-ring (bicyclic) bond motifs is 1. The van der Waals surface area contributed by atoms with Crippen LogP contribution in [0.3, 0.4) is 0 Å². The first kappa shape index (κ1) is 13.1. The van der Waals surface area contributed by atoms with Crippen molar-refractivity contribution in [2.45, 2.75) is 12.8 Å². The lowest BCUT2D eigenvalue weighted by Gasteiger charge is -2.10. The van der Waals surface area contributed by atoms with E-state index in [0.29, 0.717) is 31.6 Å². The number of halogens is 1. The molecule has 0 saturated heterocycles. The Kier molecular flexibility index (Phi) is 4.79. The van der Waals surface area contributed by atoms with Crippen LogP contribution in [0.5, 0.6) is 5.88 Å². The van der Waals surface area contributed by atoms with Crippen LogP contribution in [0.15, 0.2) is 30.5 Å². The number of hydrogen-bond donors (Lipinski definition) is 0. The van der Waals surface area contributed by atoms with Crippen molar-refractivity contribution in [2.24, 2.45) is 0 Å². The SMILES string of the molecule is CCOCCOc1ncc(CCl)c2ccccc12. The molecule has 18 heavy (non-hydrogen) atoms. The summed E-state index contributed by atoms with van der Waals surface area (Å²) >= 11 is 5.90. The van der Waals surface area contributed by atoms with Crippen molar-refractivity contribution in [3.8, 4) is 5.88 Å². The third-order valence-corrected chi connectivity index (χ3v) is 2.94. The Labute approximate surface area is 112 Å². The fourth-order valence-electron chi connectivity index (χ4n) is 1.79. The normalized spacial score (nSPS) is 10.8. The smallest absolute Gasteiger partial charge is 0.221 e. The molecule has 0 spiro atoms. The van der Waals surface area contributed by atoms with Crippen LogP contribution in [0.25, 0.3) is 10.8 Å². The van der Waals surface area contributed by atoms with Gasteiger partial charge in [-0.15, -0.1) is 11.6 Å². The minimum atomic E-state index is 0.451. The number of nitrogens with zero attached hydrogens (tertiary/aromatic N) is 1. The van der Waals surface area contributed by atoms with E-state index in [9.17, 15) is 0 Å². The molecule has 0 fully saturated rings. The third kappa shape index (κ3) is 2.92. The number of pyridine rings is 1. The molecular weight excluding hydrogens is 250 g/mol. The second-order valence-electron chi connectivity index (χ2n) is 3.81. The minimum absolute atomic E-state index is 0.451. The second-order valence-corrected chi connectivity index (χ2v) is 4.08. The second kappa shape index (κ2) is 6.57. The molecule has 1 aromatic carbocycles. The zero-order chi connectivity index (χ0) is 12.8. The zero-order valence-electron chi connectivity index (χ0n) is 10.4. The van der Waals surface area contributed by atoms with Crippen molar-refractivity contribution in [3.63, 3.8) is 0 Å². The topological polar surface area (TPSA) is 31.4 Å². The van der Waals surface area contributed by atoms with Crippen LogP contribution in [-0.2, 0) is 10.6 Å². The van der Waals surface area contributed by atoms with Crippen molar-refractivity contribution < 1.29 is 9.47 Å². The molecular formula is C14H16ClNO2. The molecule has 0 N–H and O–H groups in total. The van der Waals surface area contributed by atoms with Crippen LogP contribution >= 0.6 is 11.6 Å². The molecule has 0 radical (unpaired) electrons. The summed E-state index contributed by atoms with van der Waals surface area (Å²) in [4.78, 5) is 4.31. The molecule has 0 bridgehead atoms. The summed E-state index contributed by atoms with van der Waals surface area (Å²) in [7, 11) is 0. The van der Waals surface area contributed by atoms with E-state index in [1.165, 1.54) is 0 Å². The highest BCUT2D eigenvalue weighted by Gasteiger charge is 2.07. The molecule has 0 aliphatic carbocycles. The van der Waals surface area contributed by atoms with Crippen LogP contribution in [-0.4, -0.2) is 24.8 Å². The summed E-state index contributed by atoms with van der Waals surface area (Å²) in [6, 6.07) is 7.98. The largest absolute Gasteiger partial charge is 0.475 e. The molecule has 0 saturated carbocycles. The van der Waals surface area contributed by atoms with Crippen molar-refractivity contribution in [3.05, 3.63) is 36.0 Å². The quantitative estimate of drug-likeness (QED) is 0.593. The zero-order valence-corrected chi connectivity index (χ0v) is 11.1. The first-order valence-electron chi connectivity index (χ1n) is 6.00. The average Bonchev–Trinajstić information content (AvgIpc) is 2.43. The van der Waals surface area contributed by atoms with E-state index in [-0.39, 0.29) is 0 Å². The summed E-state index contributed by atoms with van der Waals surface area (Å²) < 4.78 is 10.9. The Balaban J connectivity index is 2.23. The predicted molar refractivity (Wildman–Crippen MR) is 73.3 cm³/mol. The van der Waals surface area contributed by atoms with E-state index >= 15 is 0 Å². The van der Waals surface area contributed by atoms with E-state index in [1.54, 1.807) is 6.20 Å². The van der Waals surface area contributed by atoms with Gasteiger partial charge in [0.1, 0.15) is 6.61 Å². The Morgan fingerprint density at radius 1 is 1.17 bits per heavy atom. The van der Waals surface area contributed by atoms with E-state index in [0.717, 1.165) is 16.3 Å². The Morgan fingerprint density at radius 2 is 1.94 bits per heavy atom. The fraction of sp³-hybridized carbons (Fsp3) is 0.357. The fourth-order valence-corrected chi connectivity index (χ4v) is 2.00. The molecule has 2 aromatic rings. The van der Waals surface area contributed by atoms with E-state index < -0.39 is 0 Å². The summed E-state index contributed by atoms with van der Waals surface area (Å²) in [5.74, 6) is 1.09. The Morgan fingerprint density at radius 3 is 2.67 bits per heavy atom. The maximum absolute atomic E-state index is 5.90. The van der Waals surface area contributed by atoms with Crippen LogP contribution in [0.1, 0.15) is 12.5 Å². The maximum Gasteiger partial charge on any atom is 0.221 e. The minimum Gasteiger partial charge on any atom is -0.475 e. The van der Waals surface area contributed by atoms with Gasteiger partial charge >= 0.3 is 0 Å². The number of alkyl halides is 1. The number of benzene rings is 1. The molecule has 1 heterocycles. The van der Waals surface area contributed by atoms with Gasteiger partial charge in [0.2, 0.25) is 5.88 Å². The number of rotatable bonds is 6. The summed E-state index contributed by atoms with van der Waals surface area (Å²) in [6.07, 6.45) is 1.77. The summed E-state index contributed by atoms with van der Waals surface area (Å²) in [5, 5.41) is 2.08. The van der Waals surface area contributed by atoms with Gasteiger partial charge in [0.05, 0.1) is 6.61 Å². The van der Waals surface area contributed by atoms with E-state index in [2.05, 4.69) is 4.98 Å². The number of hydrogen-bond acceptors (Lipinski definition) is 3. The van der Waals surface area contributed by atoms with E-state index in [4.69, 9.17) is 21.1 Å². The van der Waals surface area contributed by atoms with Crippen molar-refractivity contribution in [1.29, 1.82) is 0 Å². The molecule has 0 atom stereocenters. The van der Waals surface area contributed by atoms with Crippen LogP contribution in [0.4, 0.5) is 0 Å². The first-order chi connectivity index (χ1) is 8.86. The molecule has 0 aliphatic rings. The standard InChI is InChI=1S/C14H16ClNO2/c1-2-17-7-8-18-14-13-6-4-3-5-12(13)11(9-15)10-16-14/h3-6,10H,2,7-9H2,1H3. The van der Waals surface area contributed by atoms with Crippen LogP contribution < -0.4 is 4.74 Å². The van der Waals surface area contributed by atoms with Crippen molar-refractivity contribution >= 4 is 22.4 Å². The van der Waals surface area contributed by atoms with Gasteiger partial charge in [-0.05, 0) is 23.9 Å². The van der Waals surface area contributed by atoms with Crippen LogP contribution in [0, 0.1) is 0 Å². The lowest BCUT2D eigenvalue weighted by molar-refractivity contribution is 0.109. The van der Waals surface area contributed by atoms with E-state index in [1.807, 2.05) is 31.2 Å². The average molecular weight is 266 g/mol. The van der Waals surface area contributed by atoms with Gasteiger partial charge in [-0.25, -0.2) is 4.98 Å². The number of ether oxygens (including phenoxy) is 2. The lowest BCUT2D eigenvalue weighted by atomic mass is 10.1. The number of aromatic nitrogens is 1. The molecule has 2 rings (SSSR count). The highest BCUT2D eigenvalue weighted by atomic mass is 35.5. The monoisotopic (exact) mass is 265 g/mol. The summed E-state index contributed by atoms with van der Waals surface area (Å²) in [5.41, 5.74) is 1.02. The van der Waals surface area contributed by atoms with Gasteiger partial charge in [-0.2, -0.15) is 0 Å². The molecule has 0 unspecified atom stereocenters. The third-order valence-electron chi connectivity index (χ3n) is 2.66. The molecule has 0 amide bonds. The van der Waals surface area contributed by atoms with Gasteiger partial charge in [0.15, 0.2) is 0 Å². The highest BCUT2D eigenvalue weighted by molar-refractivity contribution is 6.18. The highest BCUT2D eigenvalue weighted by Crippen LogP contribution is 2.26. The van der Waals surface area contributed by atoms with Gasteiger partial charge in [-0.1, -0.05) is 18.2 Å². The first-order valence-corrected chi connectivity index (χ1v) is 6.53. The Hall–Kier alpha value is -1.32. The lowest BCUT2D eigenvalue weighted by Crippen LogP contribution is -2.07. The van der Waals surface area contributed by atoms with Crippen molar-refractivity contribution in [2.75, 3.05) is 19.8 Å². The van der Waals surface area contributed by atoms with Gasteiger partial charge in [0, 0.05) is 24.1 Å². The molecule has 1 aromatic heterocycles. The van der Waals surface area contributed by atoms with Crippen LogP contribution in [0.2, 0.25) is 0 Å². The van der Waals surface area contributed by atoms with Gasteiger partial charge < -0.3 is 9.47 Å². The molecule has 3 nitrogen and oxygen atoms in total. The Bertz CT molecular complexity index is 516. The predicted octanol–water partition coefficient (Wildman–Crippen LogP) is 3.39. The molecule has 4 heteroatoms. The van der Waals surface area contributed by atoms with Crippen molar-refractivity contribution in [1.82, 2.24) is 4.98 Å². The summed E-state index contributed by atoms with van der Waals surface area (Å²) in [6.45, 7) is 3.74.